The van der Waals surface area contributed by atoms with Gasteiger partial charge in [0.25, 0.3) is 7.83 Å². The third-order valence-corrected chi connectivity index (χ3v) is 47.1. The van der Waals surface area contributed by atoms with Crippen LogP contribution in [0.4, 0.5) is 0 Å². The lowest BCUT2D eigenvalue weighted by molar-refractivity contribution is -0.129. The van der Waals surface area contributed by atoms with Crippen molar-refractivity contribution in [3.8, 4) is 0 Å². The van der Waals surface area contributed by atoms with Crippen molar-refractivity contribution in [3.05, 3.63) is 12.7 Å². The molecule has 1 fully saturated rings. The fourth-order valence-corrected chi connectivity index (χ4v) is 54.5. The van der Waals surface area contributed by atoms with E-state index < -0.39 is 15.7 Å². The summed E-state index contributed by atoms with van der Waals surface area (Å²) in [7, 11) is -2.80. The summed E-state index contributed by atoms with van der Waals surface area (Å²) in [5.74, 6) is -0.203. The first kappa shape index (κ1) is 22.1. The van der Waals surface area contributed by atoms with E-state index >= 15 is 0 Å². The highest BCUT2D eigenvalue weighted by atomic mass is 29.8. The van der Waals surface area contributed by atoms with Gasteiger partial charge in [0.15, 0.2) is 0 Å². The molecule has 140 valence electrons. The Labute approximate surface area is 155 Å². The van der Waals surface area contributed by atoms with Crippen LogP contribution in [-0.2, 0) is 13.6 Å². The number of carbonyl (C=O) groups excluding carboxylic acids is 1. The van der Waals surface area contributed by atoms with Crippen LogP contribution in [0.2, 0.25) is 12.6 Å². The Hall–Kier alpha value is 0.0375. The monoisotopic (exact) mass is 402 g/mol. The summed E-state index contributed by atoms with van der Waals surface area (Å²) in [6.45, 7) is 8.09. The molecule has 7 heteroatoms. The second-order valence-corrected chi connectivity index (χ2v) is 33.6. The summed E-state index contributed by atoms with van der Waals surface area (Å²) < 4.78 is 11.7. The lowest BCUT2D eigenvalue weighted by Crippen LogP contribution is -2.64. The molecule has 24 heavy (non-hydrogen) atoms. The molecule has 0 spiro atoms. The average molecular weight is 403 g/mol. The lowest BCUT2D eigenvalue weighted by Gasteiger charge is -2.37. The van der Waals surface area contributed by atoms with Gasteiger partial charge in [-0.2, -0.15) is 0 Å². The molecule has 2 atom stereocenters. The van der Waals surface area contributed by atoms with E-state index in [9.17, 15) is 4.79 Å². The van der Waals surface area contributed by atoms with Crippen LogP contribution in [0.5, 0.6) is 0 Å². The maximum absolute atomic E-state index is 11.7. The lowest BCUT2D eigenvalue weighted by atomic mass is 10.1. The van der Waals surface area contributed by atoms with Gasteiger partial charge in [-0.15, -0.1) is 0 Å². The Bertz CT molecular complexity index is 368. The first-order valence-electron chi connectivity index (χ1n) is 10.1. The molecule has 1 heterocycles. The van der Waals surface area contributed by atoms with Crippen molar-refractivity contribution >= 4 is 39.5 Å². The molecule has 0 amide bonds. The molecule has 0 aliphatic carbocycles. The Kier molecular flexibility index (Phi) is 12.2. The minimum Gasteiger partial charge on any atom is -0.518 e. The van der Waals surface area contributed by atoms with Crippen molar-refractivity contribution in [1.29, 1.82) is 0 Å². The molecular formula is C17H38O3Si4. The molecule has 0 N–H and O–H groups in total. The van der Waals surface area contributed by atoms with Gasteiger partial charge in [-0.25, -0.2) is 4.79 Å². The summed E-state index contributed by atoms with van der Waals surface area (Å²) in [6, 6.07) is 1.42. The van der Waals surface area contributed by atoms with Crippen molar-refractivity contribution < 1.29 is 13.6 Å². The summed E-state index contributed by atoms with van der Waals surface area (Å²) in [5, 5.41) is 0. The highest BCUT2D eigenvalue weighted by Crippen LogP contribution is 2.20. The molecule has 0 radical (unpaired) electrons. The first-order chi connectivity index (χ1) is 11.6. The number of hydrogen-bond acceptors (Lipinski definition) is 3. The molecular weight excluding hydrogens is 365 g/mol. The van der Waals surface area contributed by atoms with Crippen molar-refractivity contribution in [3.63, 3.8) is 0 Å². The largest absolute Gasteiger partial charge is 0.518 e. The zero-order valence-electron chi connectivity index (χ0n) is 16.0. The Balaban J connectivity index is 2.13. The molecule has 0 aromatic rings. The van der Waals surface area contributed by atoms with Crippen LogP contribution < -0.4 is 0 Å². The van der Waals surface area contributed by atoms with Gasteiger partial charge in [-0.1, -0.05) is 83.8 Å². The van der Waals surface area contributed by atoms with Crippen LogP contribution in [0.25, 0.3) is 0 Å². The topological polar surface area (TPSA) is 35.5 Å². The third-order valence-electron chi connectivity index (χ3n) is 5.27. The Morgan fingerprint density at radius 3 is 2.33 bits per heavy atom. The van der Waals surface area contributed by atoms with Crippen molar-refractivity contribution in [2.75, 3.05) is 6.23 Å². The second kappa shape index (κ2) is 13.3. The van der Waals surface area contributed by atoms with E-state index in [0.717, 1.165) is 6.23 Å². The van der Waals surface area contributed by atoms with Gasteiger partial charge in [0, 0.05) is 14.6 Å². The van der Waals surface area contributed by atoms with Gasteiger partial charge in [0.1, 0.15) is 9.28 Å². The molecule has 1 saturated heterocycles. The van der Waals surface area contributed by atoms with E-state index in [2.05, 4.69) is 20.0 Å². The minimum atomic E-state index is -1.85. The summed E-state index contributed by atoms with van der Waals surface area (Å²) in [6.07, 6.45) is 16.1. The van der Waals surface area contributed by atoms with Gasteiger partial charge < -0.3 is 8.85 Å². The quantitative estimate of drug-likeness (QED) is 0.270. The predicted molar refractivity (Wildman–Crippen MR) is 115 cm³/mol. The highest BCUT2D eigenvalue weighted by Gasteiger charge is 2.44. The van der Waals surface area contributed by atoms with E-state index in [1.54, 1.807) is 0 Å². The third kappa shape index (κ3) is 8.94. The van der Waals surface area contributed by atoms with E-state index in [4.69, 9.17) is 8.85 Å². The van der Waals surface area contributed by atoms with Crippen LogP contribution in [0.3, 0.4) is 0 Å². The number of hydrogen-bond donors (Lipinski definition) is 0. The SMILES string of the molecule is C=CC(=O)O[Si]1(C)CO[SiH2][SiH2][SiH]1CCCCCCCCCCCC. The molecule has 2 unspecified atom stereocenters. The van der Waals surface area contributed by atoms with E-state index in [0.29, 0.717) is 0 Å². The molecule has 0 saturated carbocycles. The van der Waals surface area contributed by atoms with Crippen LogP contribution >= 0.6 is 0 Å². The van der Waals surface area contributed by atoms with Crippen molar-refractivity contribution in [2.24, 2.45) is 0 Å². The molecule has 1 rings (SSSR count). The summed E-state index contributed by atoms with van der Waals surface area (Å²) in [4.78, 5) is 11.7. The summed E-state index contributed by atoms with van der Waals surface area (Å²) >= 11 is 0. The van der Waals surface area contributed by atoms with Crippen LogP contribution in [0.1, 0.15) is 71.1 Å². The molecule has 3 nitrogen and oxygen atoms in total. The van der Waals surface area contributed by atoms with E-state index in [1.807, 2.05) is 0 Å². The Morgan fingerprint density at radius 1 is 1.17 bits per heavy atom. The maximum atomic E-state index is 11.7. The van der Waals surface area contributed by atoms with Gasteiger partial charge >= 0.3 is 5.97 Å². The van der Waals surface area contributed by atoms with Gasteiger partial charge in [-0.05, 0) is 6.55 Å². The van der Waals surface area contributed by atoms with Crippen molar-refractivity contribution in [2.45, 2.75) is 83.7 Å². The van der Waals surface area contributed by atoms with Crippen LogP contribution in [-0.4, -0.2) is 45.7 Å². The fourth-order valence-electron chi connectivity index (χ4n) is 3.64. The number of unbranched alkanes of at least 4 members (excludes halogenated alkanes) is 9. The van der Waals surface area contributed by atoms with Crippen molar-refractivity contribution in [1.82, 2.24) is 0 Å². The zero-order valence-corrected chi connectivity index (χ0v) is 21.0. The minimum absolute atomic E-state index is 0.0175. The van der Waals surface area contributed by atoms with Gasteiger partial charge in [0.05, 0.1) is 14.1 Å². The Morgan fingerprint density at radius 2 is 1.75 bits per heavy atom. The molecule has 1 aliphatic rings. The maximum Gasteiger partial charge on any atom is 0.316 e. The van der Waals surface area contributed by atoms with Crippen LogP contribution in [0, 0.1) is 0 Å². The predicted octanol–water partition coefficient (Wildman–Crippen LogP) is 2.75. The standard InChI is InChI=1S/C17H38O3Si4/c1-4-6-7-8-9-10-11-12-13-14-15-23-22-21-19-16-24(23,3)20-17(18)5-2/h5,23H,2,4,6-16,21-22H2,1,3H3. The molecule has 0 bridgehead atoms. The first-order valence-corrected chi connectivity index (χ1v) is 23.1. The molecule has 0 aromatic carbocycles. The van der Waals surface area contributed by atoms with E-state index in [-0.39, 0.29) is 23.8 Å². The molecule has 0 aromatic heterocycles. The number of carbonyl (C=O) groups is 1. The van der Waals surface area contributed by atoms with Gasteiger partial charge in [0.2, 0.25) is 0 Å². The normalized spacial score (nSPS) is 25.8. The van der Waals surface area contributed by atoms with E-state index in [1.165, 1.54) is 76.3 Å². The molecule has 1 aliphatic heterocycles. The highest BCUT2D eigenvalue weighted by molar-refractivity contribution is 7.60. The fraction of sp³-hybridized carbons (Fsp3) is 0.824. The number of rotatable bonds is 13. The summed E-state index contributed by atoms with van der Waals surface area (Å²) in [5.41, 5.74) is 0. The average Bonchev–Trinajstić information content (AvgIpc) is 2.57. The van der Waals surface area contributed by atoms with Gasteiger partial charge in [-0.3, -0.25) is 0 Å². The smallest absolute Gasteiger partial charge is 0.316 e. The zero-order chi connectivity index (χ0) is 17.7. The second-order valence-electron chi connectivity index (χ2n) is 7.45. The van der Waals surface area contributed by atoms with Crippen LogP contribution in [0.15, 0.2) is 12.7 Å².